The van der Waals surface area contributed by atoms with Gasteiger partial charge < -0.3 is 4.42 Å². The van der Waals surface area contributed by atoms with Crippen LogP contribution in [0, 0.1) is 0 Å². The molecule has 82 valence electrons. The summed E-state index contributed by atoms with van der Waals surface area (Å²) in [6.07, 6.45) is 24.3. The Morgan fingerprint density at radius 1 is 0.529 bits per heavy atom. The Morgan fingerprint density at radius 3 is 1.65 bits per heavy atom. The van der Waals surface area contributed by atoms with E-state index in [2.05, 4.69) is 48.6 Å². The number of furan rings is 1. The Kier molecular flexibility index (Phi) is 2.51. The van der Waals surface area contributed by atoms with Crippen LogP contribution in [-0.4, -0.2) is 0 Å². The first-order valence-corrected chi connectivity index (χ1v) is 5.61. The topological polar surface area (TPSA) is 13.1 Å². The molecular weight excluding hydrogens is 208 g/mol. The summed E-state index contributed by atoms with van der Waals surface area (Å²) in [5.74, 6) is 0. The molecule has 1 heteroatoms. The van der Waals surface area contributed by atoms with Crippen molar-refractivity contribution < 1.29 is 4.42 Å². The van der Waals surface area contributed by atoms with Gasteiger partial charge in [-0.3, -0.25) is 0 Å². The summed E-state index contributed by atoms with van der Waals surface area (Å²) in [5, 5.41) is 0. The second-order valence-corrected chi connectivity index (χ2v) is 3.96. The number of fused-ring (bicyclic) bond motifs is 1. The molecule has 0 radical (unpaired) electrons. The molecule has 1 heterocycles. The zero-order valence-corrected chi connectivity index (χ0v) is 9.34. The van der Waals surface area contributed by atoms with Crippen molar-refractivity contribution in [2.24, 2.45) is 0 Å². The quantitative estimate of drug-likeness (QED) is 0.635. The first kappa shape index (κ1) is 9.91. The predicted octanol–water partition coefficient (Wildman–Crippen LogP) is 4.30. The molecule has 0 fully saturated rings. The number of hydrogen-bond acceptors (Lipinski definition) is 1. The molecule has 17 heavy (non-hydrogen) atoms. The highest BCUT2D eigenvalue weighted by atomic mass is 16.3. The molecule has 0 saturated heterocycles. The molecule has 1 nitrogen and oxygen atoms in total. The molecule has 0 spiro atoms. The van der Waals surface area contributed by atoms with Crippen molar-refractivity contribution in [3.63, 3.8) is 0 Å². The lowest BCUT2D eigenvalue weighted by molar-refractivity contribution is 0.566. The lowest BCUT2D eigenvalue weighted by atomic mass is 10.1. The van der Waals surface area contributed by atoms with Gasteiger partial charge in [-0.15, -0.1) is 0 Å². The maximum absolute atomic E-state index is 5.17. The maximum atomic E-state index is 5.17. The van der Waals surface area contributed by atoms with Gasteiger partial charge in [0, 0.05) is 11.1 Å². The van der Waals surface area contributed by atoms with Gasteiger partial charge in [0.15, 0.2) is 0 Å². The van der Waals surface area contributed by atoms with Crippen LogP contribution in [0.4, 0.5) is 0 Å². The van der Waals surface area contributed by atoms with Crippen molar-refractivity contribution in [3.05, 3.63) is 83.4 Å². The Balaban J connectivity index is 2.05. The normalized spacial score (nSPS) is 17.2. The Bertz CT molecular complexity index is 553. The smallest absolute Gasteiger partial charge is 0.0981 e. The molecule has 3 rings (SSSR count). The van der Waals surface area contributed by atoms with E-state index in [1.807, 2.05) is 12.2 Å². The van der Waals surface area contributed by atoms with Gasteiger partial charge in [0.25, 0.3) is 0 Å². The summed E-state index contributed by atoms with van der Waals surface area (Å²) in [4.78, 5) is 0. The van der Waals surface area contributed by atoms with Crippen LogP contribution in [-0.2, 0) is 0 Å². The van der Waals surface area contributed by atoms with Gasteiger partial charge in [0.1, 0.15) is 0 Å². The molecule has 0 unspecified atom stereocenters. The summed E-state index contributed by atoms with van der Waals surface area (Å²) in [6, 6.07) is 0. The molecule has 0 aromatic carbocycles. The van der Waals surface area contributed by atoms with Crippen LogP contribution in [0.3, 0.4) is 0 Å². The second-order valence-electron chi connectivity index (χ2n) is 3.96. The molecular formula is C16H12O. The van der Waals surface area contributed by atoms with Gasteiger partial charge in [0.05, 0.1) is 12.5 Å². The third-order valence-electron chi connectivity index (χ3n) is 2.83. The van der Waals surface area contributed by atoms with E-state index in [4.69, 9.17) is 4.42 Å². The van der Waals surface area contributed by atoms with Crippen molar-refractivity contribution in [2.45, 2.75) is 0 Å². The van der Waals surface area contributed by atoms with E-state index in [1.165, 1.54) is 11.1 Å². The largest absolute Gasteiger partial charge is 0.471 e. The molecule has 0 atom stereocenters. The molecule has 0 amide bonds. The lowest BCUT2D eigenvalue weighted by Gasteiger charge is -1.98. The monoisotopic (exact) mass is 220 g/mol. The third-order valence-corrected chi connectivity index (χ3v) is 2.83. The summed E-state index contributed by atoms with van der Waals surface area (Å²) < 4.78 is 5.17. The first-order chi connectivity index (χ1) is 8.43. The first-order valence-electron chi connectivity index (χ1n) is 5.61. The van der Waals surface area contributed by atoms with Crippen LogP contribution in [0.15, 0.2) is 76.7 Å². The summed E-state index contributed by atoms with van der Waals surface area (Å²) in [6.45, 7) is 0. The van der Waals surface area contributed by atoms with Crippen LogP contribution in [0.1, 0.15) is 11.1 Å². The standard InChI is InChI=1S/C16H12O/c1-2-4-6-13(5-3-1)14-7-9-15-11-17-12-16(15)10-8-14/h1-12H. The van der Waals surface area contributed by atoms with Gasteiger partial charge in [-0.25, -0.2) is 0 Å². The number of allylic oxidation sites excluding steroid dienone is 10. The van der Waals surface area contributed by atoms with E-state index in [1.54, 1.807) is 12.5 Å². The maximum Gasteiger partial charge on any atom is 0.0981 e. The molecule has 0 saturated carbocycles. The lowest BCUT2D eigenvalue weighted by Crippen LogP contribution is -1.78. The zero-order chi connectivity index (χ0) is 11.5. The fourth-order valence-corrected chi connectivity index (χ4v) is 1.89. The molecule has 1 aromatic heterocycles. The highest BCUT2D eigenvalue weighted by Crippen LogP contribution is 2.23. The van der Waals surface area contributed by atoms with E-state index < -0.39 is 0 Å². The van der Waals surface area contributed by atoms with E-state index >= 15 is 0 Å². The minimum absolute atomic E-state index is 1.12. The Labute approximate surface area is 100 Å². The molecule has 0 bridgehead atoms. The molecule has 2 aliphatic rings. The van der Waals surface area contributed by atoms with E-state index in [-0.39, 0.29) is 0 Å². The van der Waals surface area contributed by atoms with Gasteiger partial charge >= 0.3 is 0 Å². The van der Waals surface area contributed by atoms with E-state index in [0.29, 0.717) is 0 Å². The Morgan fingerprint density at radius 2 is 1.06 bits per heavy atom. The highest BCUT2D eigenvalue weighted by Gasteiger charge is 2.04. The second kappa shape index (κ2) is 4.30. The van der Waals surface area contributed by atoms with Crippen LogP contribution in [0.5, 0.6) is 0 Å². The zero-order valence-electron chi connectivity index (χ0n) is 9.34. The van der Waals surface area contributed by atoms with Gasteiger partial charge in [0.2, 0.25) is 0 Å². The average Bonchev–Trinajstić information content (AvgIpc) is 2.58. The highest BCUT2D eigenvalue weighted by molar-refractivity contribution is 5.72. The number of rotatable bonds is 0. The van der Waals surface area contributed by atoms with Crippen molar-refractivity contribution in [1.82, 2.24) is 0 Å². The fourth-order valence-electron chi connectivity index (χ4n) is 1.89. The summed E-state index contributed by atoms with van der Waals surface area (Å²) in [5.41, 5.74) is 4.66. The van der Waals surface area contributed by atoms with Crippen LogP contribution < -0.4 is 0 Å². The molecule has 0 aliphatic heterocycles. The minimum Gasteiger partial charge on any atom is -0.471 e. The average molecular weight is 220 g/mol. The predicted molar refractivity (Wildman–Crippen MR) is 71.2 cm³/mol. The minimum atomic E-state index is 1.12. The van der Waals surface area contributed by atoms with Crippen LogP contribution >= 0.6 is 0 Å². The molecule has 1 aromatic rings. The number of hydrogen-bond donors (Lipinski definition) is 0. The van der Waals surface area contributed by atoms with Crippen molar-refractivity contribution in [2.75, 3.05) is 0 Å². The van der Waals surface area contributed by atoms with Crippen molar-refractivity contribution in [1.29, 1.82) is 0 Å². The van der Waals surface area contributed by atoms with Gasteiger partial charge in [-0.2, -0.15) is 0 Å². The van der Waals surface area contributed by atoms with Crippen LogP contribution in [0.2, 0.25) is 0 Å². The third kappa shape index (κ3) is 2.00. The Hall–Kier alpha value is -2.28. The van der Waals surface area contributed by atoms with Gasteiger partial charge in [-0.05, 0) is 11.1 Å². The van der Waals surface area contributed by atoms with E-state index in [0.717, 1.165) is 11.1 Å². The fraction of sp³-hybridized carbons (Fsp3) is 0. The van der Waals surface area contributed by atoms with E-state index in [9.17, 15) is 0 Å². The SMILES string of the molecule is C1=CC=CC(=C2C=Cc3cocc3C=C2)C=C1. The molecule has 2 aliphatic carbocycles. The van der Waals surface area contributed by atoms with Gasteiger partial charge in [-0.1, -0.05) is 60.8 Å². The summed E-state index contributed by atoms with van der Waals surface area (Å²) >= 11 is 0. The molecule has 0 N–H and O–H groups in total. The van der Waals surface area contributed by atoms with Crippen molar-refractivity contribution in [3.8, 4) is 0 Å². The van der Waals surface area contributed by atoms with Crippen LogP contribution in [0.25, 0.3) is 12.2 Å². The summed E-state index contributed by atoms with van der Waals surface area (Å²) in [7, 11) is 0. The van der Waals surface area contributed by atoms with Crippen molar-refractivity contribution >= 4 is 12.2 Å².